The summed E-state index contributed by atoms with van der Waals surface area (Å²) in [7, 11) is 0. The van der Waals surface area contributed by atoms with Gasteiger partial charge in [0.15, 0.2) is 0 Å². The van der Waals surface area contributed by atoms with Crippen molar-refractivity contribution in [2.45, 2.75) is 26.9 Å². The average Bonchev–Trinajstić information content (AvgIpc) is 2.36. The summed E-state index contributed by atoms with van der Waals surface area (Å²) in [4.78, 5) is 0. The van der Waals surface area contributed by atoms with Crippen molar-refractivity contribution in [1.29, 1.82) is 0 Å². The summed E-state index contributed by atoms with van der Waals surface area (Å²) >= 11 is 0. The molecule has 0 bridgehead atoms. The Morgan fingerprint density at radius 1 is 1.05 bits per heavy atom. The van der Waals surface area contributed by atoms with Crippen molar-refractivity contribution in [2.24, 2.45) is 0 Å². The Hall–Kier alpha value is -1.87. The molecule has 1 N–H and O–H groups in total. The second kappa shape index (κ2) is 5.41. The van der Waals surface area contributed by atoms with Crippen LogP contribution in [0.15, 0.2) is 36.4 Å². The molecule has 3 heteroatoms. The smallest absolute Gasteiger partial charge is 0.133 e. The molecule has 0 saturated carbocycles. The molecule has 0 radical (unpaired) electrons. The lowest BCUT2D eigenvalue weighted by Gasteiger charge is -2.15. The van der Waals surface area contributed by atoms with Gasteiger partial charge in [-0.2, -0.15) is 0 Å². The number of aliphatic hydroxyl groups is 1. The van der Waals surface area contributed by atoms with E-state index in [4.69, 9.17) is 4.74 Å². The third-order valence-electron chi connectivity index (χ3n) is 3.05. The zero-order valence-electron chi connectivity index (χ0n) is 11.3. The largest absolute Gasteiger partial charge is 0.457 e. The summed E-state index contributed by atoms with van der Waals surface area (Å²) in [5.74, 6) is 0.853. The first-order chi connectivity index (χ1) is 8.99. The van der Waals surface area contributed by atoms with Gasteiger partial charge < -0.3 is 9.84 Å². The molecule has 2 nitrogen and oxygen atoms in total. The van der Waals surface area contributed by atoms with E-state index in [2.05, 4.69) is 0 Å². The third kappa shape index (κ3) is 2.93. The standard InChI is InChI=1S/C16H17FO2/c1-10-6-4-5-7-15(10)19-16-8-11(2)14(17)9-13(16)12(3)18/h4-9,12,18H,1-3H3/t12-/m0/s1. The second-order valence-electron chi connectivity index (χ2n) is 4.68. The molecular formula is C16H17FO2. The highest BCUT2D eigenvalue weighted by molar-refractivity contribution is 5.44. The number of aliphatic hydroxyl groups excluding tert-OH is 1. The molecule has 0 spiro atoms. The van der Waals surface area contributed by atoms with Gasteiger partial charge in [0.2, 0.25) is 0 Å². The molecule has 2 aromatic carbocycles. The van der Waals surface area contributed by atoms with Crippen LogP contribution in [0.2, 0.25) is 0 Å². The third-order valence-corrected chi connectivity index (χ3v) is 3.05. The predicted octanol–water partition coefficient (Wildman–Crippen LogP) is 4.29. The van der Waals surface area contributed by atoms with Crippen LogP contribution >= 0.6 is 0 Å². The van der Waals surface area contributed by atoms with E-state index in [-0.39, 0.29) is 5.82 Å². The first-order valence-electron chi connectivity index (χ1n) is 6.20. The van der Waals surface area contributed by atoms with Crippen LogP contribution in [-0.2, 0) is 0 Å². The van der Waals surface area contributed by atoms with Gasteiger partial charge >= 0.3 is 0 Å². The summed E-state index contributed by atoms with van der Waals surface area (Å²) in [6.07, 6.45) is -0.783. The minimum absolute atomic E-state index is 0.340. The number of halogens is 1. The second-order valence-corrected chi connectivity index (χ2v) is 4.68. The lowest BCUT2D eigenvalue weighted by atomic mass is 10.1. The van der Waals surface area contributed by atoms with Crippen LogP contribution in [0.4, 0.5) is 4.39 Å². The van der Waals surface area contributed by atoms with Gasteiger partial charge in [0.25, 0.3) is 0 Å². The maximum Gasteiger partial charge on any atom is 0.133 e. The van der Waals surface area contributed by atoms with E-state index < -0.39 is 6.10 Å². The van der Waals surface area contributed by atoms with Crippen molar-refractivity contribution < 1.29 is 14.2 Å². The van der Waals surface area contributed by atoms with Gasteiger partial charge in [-0.3, -0.25) is 0 Å². The van der Waals surface area contributed by atoms with Crippen molar-refractivity contribution in [3.05, 3.63) is 58.9 Å². The Balaban J connectivity index is 2.45. The van der Waals surface area contributed by atoms with E-state index in [0.717, 1.165) is 5.56 Å². The van der Waals surface area contributed by atoms with E-state index >= 15 is 0 Å². The molecule has 0 aliphatic rings. The maximum absolute atomic E-state index is 13.6. The van der Waals surface area contributed by atoms with Crippen molar-refractivity contribution in [3.63, 3.8) is 0 Å². The molecule has 0 aromatic heterocycles. The first-order valence-corrected chi connectivity index (χ1v) is 6.20. The minimum atomic E-state index is -0.783. The van der Waals surface area contributed by atoms with Crippen molar-refractivity contribution >= 4 is 0 Å². The van der Waals surface area contributed by atoms with Gasteiger partial charge in [-0.15, -0.1) is 0 Å². The SMILES string of the molecule is Cc1cc(Oc2ccccc2C)c([C@H](C)O)cc1F. The van der Waals surface area contributed by atoms with E-state index in [1.54, 1.807) is 19.9 Å². The highest BCUT2D eigenvalue weighted by Crippen LogP contribution is 2.33. The molecule has 19 heavy (non-hydrogen) atoms. The molecule has 1 atom stereocenters. The summed E-state index contributed by atoms with van der Waals surface area (Å²) < 4.78 is 19.4. The zero-order valence-corrected chi connectivity index (χ0v) is 11.3. The fourth-order valence-corrected chi connectivity index (χ4v) is 1.87. The van der Waals surface area contributed by atoms with Gasteiger partial charge in [0.05, 0.1) is 6.10 Å². The zero-order chi connectivity index (χ0) is 14.0. The molecule has 0 aliphatic heterocycles. The molecule has 0 amide bonds. The Morgan fingerprint density at radius 3 is 2.37 bits per heavy atom. The topological polar surface area (TPSA) is 29.5 Å². The lowest BCUT2D eigenvalue weighted by molar-refractivity contribution is 0.195. The van der Waals surface area contributed by atoms with Gasteiger partial charge in [-0.25, -0.2) is 4.39 Å². The minimum Gasteiger partial charge on any atom is -0.457 e. The molecule has 0 saturated heterocycles. The summed E-state index contributed by atoms with van der Waals surface area (Å²) in [5.41, 5.74) is 1.93. The number of aryl methyl sites for hydroxylation is 2. The Labute approximate surface area is 112 Å². The highest BCUT2D eigenvalue weighted by atomic mass is 19.1. The molecule has 0 aliphatic carbocycles. The van der Waals surface area contributed by atoms with E-state index in [9.17, 15) is 9.50 Å². The number of para-hydroxylation sites is 1. The quantitative estimate of drug-likeness (QED) is 0.892. The van der Waals surface area contributed by atoms with Crippen LogP contribution in [-0.4, -0.2) is 5.11 Å². The molecular weight excluding hydrogens is 243 g/mol. The van der Waals surface area contributed by atoms with Crippen LogP contribution < -0.4 is 4.74 Å². The first kappa shape index (κ1) is 13.6. The van der Waals surface area contributed by atoms with Gasteiger partial charge in [-0.1, -0.05) is 18.2 Å². The average molecular weight is 260 g/mol. The van der Waals surface area contributed by atoms with E-state index in [0.29, 0.717) is 22.6 Å². The summed E-state index contributed by atoms with van der Waals surface area (Å²) in [5, 5.41) is 9.72. The van der Waals surface area contributed by atoms with E-state index in [1.807, 2.05) is 31.2 Å². The van der Waals surface area contributed by atoms with Crippen LogP contribution in [0.5, 0.6) is 11.5 Å². The molecule has 2 rings (SSSR count). The molecule has 0 heterocycles. The number of benzene rings is 2. The summed E-state index contributed by atoms with van der Waals surface area (Å²) in [6.45, 7) is 5.20. The van der Waals surface area contributed by atoms with E-state index in [1.165, 1.54) is 6.07 Å². The normalized spacial score (nSPS) is 12.3. The maximum atomic E-state index is 13.6. The molecule has 0 fully saturated rings. The molecule has 100 valence electrons. The van der Waals surface area contributed by atoms with Gasteiger partial charge in [0, 0.05) is 5.56 Å². The monoisotopic (exact) mass is 260 g/mol. The number of hydrogen-bond donors (Lipinski definition) is 1. The fraction of sp³-hybridized carbons (Fsp3) is 0.250. The summed E-state index contributed by atoms with van der Waals surface area (Å²) in [6, 6.07) is 10.5. The van der Waals surface area contributed by atoms with Crippen molar-refractivity contribution in [2.75, 3.05) is 0 Å². The van der Waals surface area contributed by atoms with Crippen molar-refractivity contribution in [1.82, 2.24) is 0 Å². The van der Waals surface area contributed by atoms with Crippen LogP contribution in [0.3, 0.4) is 0 Å². The number of ether oxygens (including phenoxy) is 1. The Bertz CT molecular complexity index is 591. The highest BCUT2D eigenvalue weighted by Gasteiger charge is 2.14. The Kier molecular flexibility index (Phi) is 3.86. The van der Waals surface area contributed by atoms with Gasteiger partial charge in [-0.05, 0) is 50.1 Å². The number of hydrogen-bond acceptors (Lipinski definition) is 2. The fourth-order valence-electron chi connectivity index (χ4n) is 1.87. The molecule has 2 aromatic rings. The van der Waals surface area contributed by atoms with Gasteiger partial charge in [0.1, 0.15) is 17.3 Å². The Morgan fingerprint density at radius 2 is 1.74 bits per heavy atom. The lowest BCUT2D eigenvalue weighted by Crippen LogP contribution is -1.99. The van der Waals surface area contributed by atoms with Crippen LogP contribution in [0.25, 0.3) is 0 Å². The molecule has 0 unspecified atom stereocenters. The van der Waals surface area contributed by atoms with Crippen LogP contribution in [0.1, 0.15) is 29.7 Å². The number of rotatable bonds is 3. The van der Waals surface area contributed by atoms with Crippen molar-refractivity contribution in [3.8, 4) is 11.5 Å². The van der Waals surface area contributed by atoms with Crippen LogP contribution in [0, 0.1) is 19.7 Å². The predicted molar refractivity (Wildman–Crippen MR) is 73.0 cm³/mol.